The highest BCUT2D eigenvalue weighted by atomic mass is 16.5. The van der Waals surface area contributed by atoms with Gasteiger partial charge in [-0.3, -0.25) is 4.79 Å². The fourth-order valence-corrected chi connectivity index (χ4v) is 2.61. The van der Waals surface area contributed by atoms with E-state index >= 15 is 0 Å². The second-order valence-electron chi connectivity index (χ2n) is 5.30. The molecule has 0 saturated carbocycles. The quantitative estimate of drug-likeness (QED) is 0.779. The number of ether oxygens (including phenoxy) is 2. The summed E-state index contributed by atoms with van der Waals surface area (Å²) in [7, 11) is 0. The maximum Gasteiger partial charge on any atom is 0.239 e. The van der Waals surface area contributed by atoms with Crippen LogP contribution in [0.2, 0.25) is 0 Å². The van der Waals surface area contributed by atoms with Crippen LogP contribution in [0.5, 0.6) is 0 Å². The largest absolute Gasteiger partial charge is 0.376 e. The summed E-state index contributed by atoms with van der Waals surface area (Å²) in [6, 6.07) is -0.451. The zero-order chi connectivity index (χ0) is 13.0. The van der Waals surface area contributed by atoms with Crippen LogP contribution in [0, 0.1) is 0 Å². The Morgan fingerprint density at radius 2 is 1.72 bits per heavy atom. The second-order valence-corrected chi connectivity index (χ2v) is 5.30. The van der Waals surface area contributed by atoms with Crippen LogP contribution < -0.4 is 5.73 Å². The van der Waals surface area contributed by atoms with E-state index in [0.29, 0.717) is 13.1 Å². The van der Waals surface area contributed by atoms with E-state index in [0.717, 1.165) is 38.9 Å². The predicted molar refractivity (Wildman–Crippen MR) is 68.2 cm³/mol. The Morgan fingerprint density at radius 3 is 2.06 bits per heavy atom. The topological polar surface area (TPSA) is 64.8 Å². The maximum atomic E-state index is 12.1. The number of rotatable bonds is 5. The molecule has 18 heavy (non-hydrogen) atoms. The van der Waals surface area contributed by atoms with Crippen molar-refractivity contribution in [3.63, 3.8) is 0 Å². The first kappa shape index (κ1) is 13.8. The molecule has 0 aliphatic carbocycles. The van der Waals surface area contributed by atoms with Gasteiger partial charge in [0.15, 0.2) is 0 Å². The van der Waals surface area contributed by atoms with Crippen molar-refractivity contribution < 1.29 is 14.3 Å². The number of carbonyl (C=O) groups excluding carboxylic acids is 1. The van der Waals surface area contributed by atoms with Crippen LogP contribution in [0.4, 0.5) is 0 Å². The van der Waals surface area contributed by atoms with Crippen LogP contribution in [0.1, 0.15) is 32.6 Å². The van der Waals surface area contributed by atoms with Crippen LogP contribution in [0.25, 0.3) is 0 Å². The molecule has 1 amide bonds. The Hall–Kier alpha value is -0.650. The van der Waals surface area contributed by atoms with E-state index < -0.39 is 6.04 Å². The lowest BCUT2D eigenvalue weighted by Crippen LogP contribution is -2.48. The fraction of sp³-hybridized carbons (Fsp3) is 0.923. The van der Waals surface area contributed by atoms with Gasteiger partial charge in [-0.15, -0.1) is 0 Å². The number of amides is 1. The average molecular weight is 256 g/mol. The minimum atomic E-state index is -0.451. The molecular weight excluding hydrogens is 232 g/mol. The Balaban J connectivity index is 1.90. The van der Waals surface area contributed by atoms with Gasteiger partial charge in [-0.1, -0.05) is 0 Å². The molecule has 2 unspecified atom stereocenters. The van der Waals surface area contributed by atoms with Gasteiger partial charge in [0.2, 0.25) is 5.91 Å². The van der Waals surface area contributed by atoms with Crippen LogP contribution in [-0.4, -0.2) is 55.4 Å². The molecule has 2 N–H and O–H groups in total. The van der Waals surface area contributed by atoms with Crippen LogP contribution in [0.3, 0.4) is 0 Å². The van der Waals surface area contributed by atoms with E-state index in [1.54, 1.807) is 6.92 Å². The first-order chi connectivity index (χ1) is 8.66. The SMILES string of the molecule is C[C@H](N)C(=O)N(CC1CCCO1)CC1CCCO1. The molecule has 0 bridgehead atoms. The minimum Gasteiger partial charge on any atom is -0.376 e. The van der Waals surface area contributed by atoms with Crippen molar-refractivity contribution in [1.29, 1.82) is 0 Å². The lowest BCUT2D eigenvalue weighted by atomic mass is 10.1. The van der Waals surface area contributed by atoms with E-state index in [2.05, 4.69) is 0 Å². The lowest BCUT2D eigenvalue weighted by Gasteiger charge is -2.29. The number of carbonyl (C=O) groups is 1. The number of nitrogens with zero attached hydrogens (tertiary/aromatic N) is 1. The van der Waals surface area contributed by atoms with E-state index in [-0.39, 0.29) is 18.1 Å². The van der Waals surface area contributed by atoms with Gasteiger partial charge in [0.25, 0.3) is 0 Å². The minimum absolute atomic E-state index is 0.000926. The summed E-state index contributed by atoms with van der Waals surface area (Å²) >= 11 is 0. The summed E-state index contributed by atoms with van der Waals surface area (Å²) in [4.78, 5) is 13.9. The van der Waals surface area contributed by atoms with Crippen LogP contribution >= 0.6 is 0 Å². The molecule has 0 aromatic heterocycles. The molecule has 0 aromatic carbocycles. The van der Waals surface area contributed by atoms with Crippen molar-refractivity contribution in [2.24, 2.45) is 5.73 Å². The summed E-state index contributed by atoms with van der Waals surface area (Å²) in [5.74, 6) is 0.000926. The van der Waals surface area contributed by atoms with Crippen molar-refractivity contribution in [2.45, 2.75) is 50.9 Å². The third-order valence-corrected chi connectivity index (χ3v) is 3.60. The molecule has 2 aliphatic heterocycles. The van der Waals surface area contributed by atoms with Gasteiger partial charge in [0.1, 0.15) is 0 Å². The molecule has 2 aliphatic rings. The van der Waals surface area contributed by atoms with E-state index in [9.17, 15) is 4.79 Å². The van der Waals surface area contributed by atoms with Gasteiger partial charge in [-0.05, 0) is 32.6 Å². The monoisotopic (exact) mass is 256 g/mol. The van der Waals surface area contributed by atoms with Gasteiger partial charge in [0.05, 0.1) is 18.2 Å². The Bertz CT molecular complexity index is 253. The highest BCUT2D eigenvalue weighted by molar-refractivity contribution is 5.81. The molecule has 2 saturated heterocycles. The Morgan fingerprint density at radius 1 is 1.22 bits per heavy atom. The molecule has 104 valence electrons. The molecule has 2 fully saturated rings. The first-order valence-electron chi connectivity index (χ1n) is 6.94. The van der Waals surface area contributed by atoms with Crippen molar-refractivity contribution >= 4 is 5.91 Å². The van der Waals surface area contributed by atoms with Gasteiger partial charge in [-0.2, -0.15) is 0 Å². The molecule has 0 aromatic rings. The molecule has 0 radical (unpaired) electrons. The van der Waals surface area contributed by atoms with Crippen LogP contribution in [-0.2, 0) is 14.3 Å². The van der Waals surface area contributed by atoms with E-state index in [1.165, 1.54) is 0 Å². The summed E-state index contributed by atoms with van der Waals surface area (Å²) in [5, 5.41) is 0. The standard InChI is InChI=1S/C13H24N2O3/c1-10(14)13(16)15(8-11-4-2-6-17-11)9-12-5-3-7-18-12/h10-12H,2-9,14H2,1H3/t10-,11?,12?/m0/s1. The average Bonchev–Trinajstić information content (AvgIpc) is 2.99. The normalized spacial score (nSPS) is 29.4. The summed E-state index contributed by atoms with van der Waals surface area (Å²) in [6.07, 6.45) is 4.60. The molecule has 5 nitrogen and oxygen atoms in total. The van der Waals surface area contributed by atoms with E-state index in [4.69, 9.17) is 15.2 Å². The highest BCUT2D eigenvalue weighted by Gasteiger charge is 2.27. The molecule has 2 heterocycles. The first-order valence-corrected chi connectivity index (χ1v) is 6.94. The van der Waals surface area contributed by atoms with Crippen molar-refractivity contribution in [1.82, 2.24) is 4.90 Å². The highest BCUT2D eigenvalue weighted by Crippen LogP contribution is 2.17. The van der Waals surface area contributed by atoms with Gasteiger partial charge in [-0.25, -0.2) is 0 Å². The lowest BCUT2D eigenvalue weighted by molar-refractivity contribution is -0.135. The zero-order valence-electron chi connectivity index (χ0n) is 11.1. The third kappa shape index (κ3) is 3.67. The molecule has 5 heteroatoms. The van der Waals surface area contributed by atoms with Gasteiger partial charge in [0, 0.05) is 26.3 Å². The van der Waals surface area contributed by atoms with Crippen LogP contribution in [0.15, 0.2) is 0 Å². The van der Waals surface area contributed by atoms with Gasteiger partial charge >= 0.3 is 0 Å². The van der Waals surface area contributed by atoms with Crippen molar-refractivity contribution in [2.75, 3.05) is 26.3 Å². The van der Waals surface area contributed by atoms with Crippen molar-refractivity contribution in [3.05, 3.63) is 0 Å². The Labute approximate surface area is 109 Å². The molecule has 0 spiro atoms. The van der Waals surface area contributed by atoms with Gasteiger partial charge < -0.3 is 20.1 Å². The smallest absolute Gasteiger partial charge is 0.239 e. The van der Waals surface area contributed by atoms with E-state index in [1.807, 2.05) is 4.90 Å². The zero-order valence-corrected chi connectivity index (χ0v) is 11.1. The summed E-state index contributed by atoms with van der Waals surface area (Å²) < 4.78 is 11.2. The number of hydrogen-bond acceptors (Lipinski definition) is 4. The number of hydrogen-bond donors (Lipinski definition) is 1. The third-order valence-electron chi connectivity index (χ3n) is 3.60. The second kappa shape index (κ2) is 6.50. The number of nitrogens with two attached hydrogens (primary N) is 1. The summed E-state index contributed by atoms with van der Waals surface area (Å²) in [6.45, 7) is 4.66. The Kier molecular flexibility index (Phi) is 4.97. The van der Waals surface area contributed by atoms with Crippen molar-refractivity contribution in [3.8, 4) is 0 Å². The summed E-state index contributed by atoms with van der Waals surface area (Å²) in [5.41, 5.74) is 5.71. The molecule has 3 atom stereocenters. The predicted octanol–water partition coefficient (Wildman–Crippen LogP) is 0.520. The molecular formula is C13H24N2O3. The maximum absolute atomic E-state index is 12.1. The molecule has 2 rings (SSSR count). The fourth-order valence-electron chi connectivity index (χ4n) is 2.61.